The van der Waals surface area contributed by atoms with E-state index in [1.807, 2.05) is 51.1 Å². The van der Waals surface area contributed by atoms with Crippen LogP contribution in [0.4, 0.5) is 0 Å². The molecular formula is C23H23ClN2O3. The third-order valence-electron chi connectivity index (χ3n) is 4.34. The first-order valence-corrected chi connectivity index (χ1v) is 9.78. The van der Waals surface area contributed by atoms with Gasteiger partial charge in [-0.1, -0.05) is 29.8 Å². The molecule has 6 heteroatoms. The Kier molecular flexibility index (Phi) is 6.39. The van der Waals surface area contributed by atoms with E-state index in [0.29, 0.717) is 10.6 Å². The molecule has 0 radical (unpaired) electrons. The number of para-hydroxylation sites is 1. The Balaban J connectivity index is 1.93. The molecule has 5 nitrogen and oxygen atoms in total. The van der Waals surface area contributed by atoms with Crippen LogP contribution in [0.15, 0.2) is 65.9 Å². The van der Waals surface area contributed by atoms with E-state index in [4.69, 9.17) is 16.3 Å². The second-order valence-corrected chi connectivity index (χ2v) is 7.53. The summed E-state index contributed by atoms with van der Waals surface area (Å²) < 4.78 is 5.94. The van der Waals surface area contributed by atoms with Gasteiger partial charge in [-0.2, -0.15) is 0 Å². The van der Waals surface area contributed by atoms with Crippen LogP contribution < -0.4 is 15.4 Å². The molecule has 1 aliphatic rings. The topological polar surface area (TPSA) is 67.4 Å². The van der Waals surface area contributed by atoms with Crippen LogP contribution in [0, 0.1) is 0 Å². The molecule has 1 heterocycles. The van der Waals surface area contributed by atoms with E-state index in [9.17, 15) is 9.59 Å². The molecule has 0 aromatic heterocycles. The number of nitrogens with one attached hydrogen (secondary N) is 2. The van der Waals surface area contributed by atoms with E-state index in [-0.39, 0.29) is 23.8 Å². The minimum absolute atomic E-state index is 0.0759. The molecule has 1 aliphatic heterocycles. The summed E-state index contributed by atoms with van der Waals surface area (Å²) in [5.74, 6) is 0.0296. The monoisotopic (exact) mass is 410 g/mol. The maximum Gasteiger partial charge on any atom is 0.268 e. The fraction of sp³-hybridized carbons (Fsp3) is 0.217. The Morgan fingerprint density at radius 3 is 2.48 bits per heavy atom. The van der Waals surface area contributed by atoms with Crippen LogP contribution in [0.2, 0.25) is 5.02 Å². The fourth-order valence-corrected chi connectivity index (χ4v) is 3.01. The zero-order chi connectivity index (χ0) is 21.0. The van der Waals surface area contributed by atoms with Crippen molar-refractivity contribution in [2.24, 2.45) is 0 Å². The zero-order valence-electron chi connectivity index (χ0n) is 16.5. The highest BCUT2D eigenvalue weighted by Crippen LogP contribution is 2.30. The maximum absolute atomic E-state index is 12.7. The summed E-state index contributed by atoms with van der Waals surface area (Å²) in [6.45, 7) is 5.62. The second-order valence-electron chi connectivity index (χ2n) is 7.09. The lowest BCUT2D eigenvalue weighted by Crippen LogP contribution is -2.38. The van der Waals surface area contributed by atoms with Crippen LogP contribution >= 0.6 is 11.6 Å². The first kappa shape index (κ1) is 20.7. The van der Waals surface area contributed by atoms with Crippen LogP contribution in [0.25, 0.3) is 6.08 Å². The van der Waals surface area contributed by atoms with Gasteiger partial charge in [0.2, 0.25) is 0 Å². The Morgan fingerprint density at radius 2 is 1.79 bits per heavy atom. The second kappa shape index (κ2) is 8.97. The summed E-state index contributed by atoms with van der Waals surface area (Å²) in [6.07, 6.45) is 3.35. The van der Waals surface area contributed by atoms with Gasteiger partial charge >= 0.3 is 0 Å². The molecule has 2 aromatic rings. The van der Waals surface area contributed by atoms with Gasteiger partial charge in [0.05, 0.1) is 0 Å². The van der Waals surface area contributed by atoms with Gasteiger partial charge in [0.1, 0.15) is 17.6 Å². The average molecular weight is 411 g/mol. The number of carbonyl (C=O) groups is 2. The van der Waals surface area contributed by atoms with Gasteiger partial charge in [0.15, 0.2) is 0 Å². The highest BCUT2D eigenvalue weighted by Gasteiger charge is 2.21. The minimum Gasteiger partial charge on any atom is -0.485 e. The third kappa shape index (κ3) is 5.27. The van der Waals surface area contributed by atoms with Crippen molar-refractivity contribution in [1.29, 1.82) is 0 Å². The molecule has 2 amide bonds. The summed E-state index contributed by atoms with van der Waals surface area (Å²) in [6, 6.07) is 14.1. The van der Waals surface area contributed by atoms with Crippen LogP contribution in [-0.2, 0) is 4.79 Å². The first-order chi connectivity index (χ1) is 13.8. The predicted molar refractivity (Wildman–Crippen MR) is 115 cm³/mol. The maximum atomic E-state index is 12.7. The average Bonchev–Trinajstić information content (AvgIpc) is 2.67. The molecule has 0 spiro atoms. The van der Waals surface area contributed by atoms with E-state index >= 15 is 0 Å². The largest absolute Gasteiger partial charge is 0.485 e. The number of carbonyl (C=O) groups excluding carboxylic acids is 2. The van der Waals surface area contributed by atoms with Crippen molar-refractivity contribution < 1.29 is 14.3 Å². The summed E-state index contributed by atoms with van der Waals surface area (Å²) >= 11 is 5.89. The molecule has 0 saturated heterocycles. The van der Waals surface area contributed by atoms with E-state index in [2.05, 4.69) is 10.6 Å². The number of amides is 2. The number of benzene rings is 2. The van der Waals surface area contributed by atoms with Crippen LogP contribution in [0.5, 0.6) is 5.75 Å². The zero-order valence-corrected chi connectivity index (χ0v) is 17.3. The molecule has 1 atom stereocenters. The van der Waals surface area contributed by atoms with Gasteiger partial charge in [0, 0.05) is 22.2 Å². The van der Waals surface area contributed by atoms with Gasteiger partial charge in [-0.25, -0.2) is 0 Å². The summed E-state index contributed by atoms with van der Waals surface area (Å²) in [5, 5.41) is 6.08. The van der Waals surface area contributed by atoms with Crippen LogP contribution in [0.1, 0.15) is 36.7 Å². The van der Waals surface area contributed by atoms with E-state index in [1.54, 1.807) is 30.3 Å². The molecule has 0 fully saturated rings. The minimum atomic E-state index is -0.391. The molecule has 2 aromatic carbocycles. The molecule has 0 saturated carbocycles. The Morgan fingerprint density at radius 1 is 1.10 bits per heavy atom. The Hall–Kier alpha value is -3.05. The van der Waals surface area contributed by atoms with Gasteiger partial charge in [-0.3, -0.25) is 9.59 Å². The molecule has 150 valence electrons. The molecule has 1 unspecified atom stereocenters. The highest BCUT2D eigenvalue weighted by atomic mass is 35.5. The van der Waals surface area contributed by atoms with Crippen molar-refractivity contribution in [3.8, 4) is 5.75 Å². The third-order valence-corrected chi connectivity index (χ3v) is 4.60. The standard InChI is InChI=1S/C23H23ClN2O3/c1-14(2)25-23(28)20(26-22(27)16-8-10-19(24)11-9-16)13-18-12-17-6-4-5-7-21(17)29-15(18)3/h4-15H,1-3H3,(H,25,28)(H,26,27)/b20-13-. The molecular weight excluding hydrogens is 388 g/mol. The smallest absolute Gasteiger partial charge is 0.268 e. The van der Waals surface area contributed by atoms with Crippen molar-refractivity contribution >= 4 is 29.5 Å². The van der Waals surface area contributed by atoms with Crippen molar-refractivity contribution in [3.05, 3.63) is 82.0 Å². The lowest BCUT2D eigenvalue weighted by molar-refractivity contribution is -0.118. The fourth-order valence-electron chi connectivity index (χ4n) is 2.88. The van der Waals surface area contributed by atoms with E-state index in [0.717, 1.165) is 16.9 Å². The van der Waals surface area contributed by atoms with Gasteiger partial charge in [-0.05, 0) is 68.8 Å². The number of rotatable bonds is 5. The van der Waals surface area contributed by atoms with Crippen molar-refractivity contribution in [1.82, 2.24) is 10.6 Å². The lowest BCUT2D eigenvalue weighted by Gasteiger charge is -2.23. The molecule has 0 aliphatic carbocycles. The number of hydrogen-bond acceptors (Lipinski definition) is 3. The number of hydrogen-bond donors (Lipinski definition) is 2. The van der Waals surface area contributed by atoms with E-state index < -0.39 is 5.91 Å². The van der Waals surface area contributed by atoms with Gasteiger partial charge in [0.25, 0.3) is 11.8 Å². The van der Waals surface area contributed by atoms with Crippen molar-refractivity contribution in [2.45, 2.75) is 32.9 Å². The van der Waals surface area contributed by atoms with Gasteiger partial charge in [-0.15, -0.1) is 0 Å². The van der Waals surface area contributed by atoms with Gasteiger partial charge < -0.3 is 15.4 Å². The Labute approximate surface area is 175 Å². The van der Waals surface area contributed by atoms with Crippen molar-refractivity contribution in [3.63, 3.8) is 0 Å². The Bertz CT molecular complexity index is 978. The number of fused-ring (bicyclic) bond motifs is 1. The van der Waals surface area contributed by atoms with Crippen molar-refractivity contribution in [2.75, 3.05) is 0 Å². The first-order valence-electron chi connectivity index (χ1n) is 9.40. The highest BCUT2D eigenvalue weighted by molar-refractivity contribution is 6.30. The molecule has 2 N–H and O–H groups in total. The molecule has 3 rings (SSSR count). The quantitative estimate of drug-likeness (QED) is 0.720. The lowest BCUT2D eigenvalue weighted by atomic mass is 10.0. The molecule has 29 heavy (non-hydrogen) atoms. The normalized spacial score (nSPS) is 15.8. The number of ether oxygens (including phenoxy) is 1. The summed E-state index contributed by atoms with van der Waals surface area (Å²) in [4.78, 5) is 25.4. The van der Waals surface area contributed by atoms with Crippen LogP contribution in [0.3, 0.4) is 0 Å². The summed E-state index contributed by atoms with van der Waals surface area (Å²) in [7, 11) is 0. The molecule has 0 bridgehead atoms. The summed E-state index contributed by atoms with van der Waals surface area (Å²) in [5.41, 5.74) is 2.27. The number of halogens is 1. The SMILES string of the molecule is CC(C)NC(=O)/C(=C/C1=Cc2ccccc2OC1C)NC(=O)c1ccc(Cl)cc1. The van der Waals surface area contributed by atoms with E-state index in [1.165, 1.54) is 0 Å². The van der Waals surface area contributed by atoms with Crippen LogP contribution in [-0.4, -0.2) is 24.0 Å². The predicted octanol–water partition coefficient (Wildman–Crippen LogP) is 4.34.